The minimum absolute atomic E-state index is 0.508. The van der Waals surface area contributed by atoms with E-state index in [2.05, 4.69) is 26.7 Å². The number of thiol groups is 1. The highest BCUT2D eigenvalue weighted by molar-refractivity contribution is 7.80. The topological polar surface area (TPSA) is 3.24 Å². The Balaban J connectivity index is 2.09. The molecule has 0 radical (unpaired) electrons. The van der Waals surface area contributed by atoms with E-state index in [1.807, 2.05) is 0 Å². The van der Waals surface area contributed by atoms with Gasteiger partial charge in [-0.1, -0.05) is 37.9 Å². The van der Waals surface area contributed by atoms with Crippen LogP contribution in [0.5, 0.6) is 0 Å². The van der Waals surface area contributed by atoms with Gasteiger partial charge in [0.25, 0.3) is 0 Å². The van der Waals surface area contributed by atoms with E-state index in [-0.39, 0.29) is 0 Å². The van der Waals surface area contributed by atoms with E-state index in [0.717, 1.165) is 12.0 Å². The molecule has 0 aromatic heterocycles. The molecule has 1 nitrogen and oxygen atoms in total. The fourth-order valence-corrected chi connectivity index (χ4v) is 4.02. The summed E-state index contributed by atoms with van der Waals surface area (Å²) in [4.78, 5) is 2.51. The largest absolute Gasteiger partial charge is 0.291 e. The molecule has 15 heavy (non-hydrogen) atoms. The van der Waals surface area contributed by atoms with Crippen molar-refractivity contribution < 1.29 is 0 Å². The number of hydrogen-bond donors (Lipinski definition) is 1. The van der Waals surface area contributed by atoms with Gasteiger partial charge in [0.05, 0.1) is 5.37 Å². The highest BCUT2D eigenvalue weighted by Crippen LogP contribution is 2.46. The van der Waals surface area contributed by atoms with Crippen LogP contribution in [0.1, 0.15) is 45.4 Å². The summed E-state index contributed by atoms with van der Waals surface area (Å²) < 4.78 is 0. The van der Waals surface area contributed by atoms with Crippen molar-refractivity contribution in [3.63, 3.8) is 0 Å². The lowest BCUT2D eigenvalue weighted by Gasteiger charge is -2.35. The Morgan fingerprint density at radius 2 is 2.13 bits per heavy atom. The fraction of sp³-hybridized carbons (Fsp3) is 1.00. The SMILES string of the molecule is BC1(C)CCCCC2C(CC(S)N2C)C1. The smallest absolute Gasteiger partial charge is 0.109 e. The number of hydrogen-bond acceptors (Lipinski definition) is 2. The van der Waals surface area contributed by atoms with E-state index in [1.165, 1.54) is 38.5 Å². The average Bonchev–Trinajstić information content (AvgIpc) is 2.35. The second-order valence-electron chi connectivity index (χ2n) is 6.32. The van der Waals surface area contributed by atoms with Crippen LogP contribution in [-0.4, -0.2) is 31.2 Å². The Morgan fingerprint density at radius 3 is 2.87 bits per heavy atom. The maximum Gasteiger partial charge on any atom is 0.109 e. The van der Waals surface area contributed by atoms with E-state index in [1.54, 1.807) is 0 Å². The first kappa shape index (κ1) is 11.8. The third-order valence-corrected chi connectivity index (χ3v) is 5.04. The highest BCUT2D eigenvalue weighted by Gasteiger charge is 2.40. The molecule has 0 aromatic carbocycles. The van der Waals surface area contributed by atoms with Crippen LogP contribution in [0.4, 0.5) is 0 Å². The van der Waals surface area contributed by atoms with E-state index >= 15 is 0 Å². The molecule has 4 unspecified atom stereocenters. The van der Waals surface area contributed by atoms with Gasteiger partial charge in [0.15, 0.2) is 0 Å². The van der Waals surface area contributed by atoms with Gasteiger partial charge in [-0.3, -0.25) is 4.90 Å². The molecule has 1 aliphatic heterocycles. The van der Waals surface area contributed by atoms with Gasteiger partial charge >= 0.3 is 0 Å². The summed E-state index contributed by atoms with van der Waals surface area (Å²) in [6.07, 6.45) is 8.34. The molecule has 2 aliphatic rings. The molecule has 1 heterocycles. The van der Waals surface area contributed by atoms with Crippen molar-refractivity contribution in [2.24, 2.45) is 5.92 Å². The first-order valence-electron chi connectivity index (χ1n) is 6.40. The summed E-state index contributed by atoms with van der Waals surface area (Å²) in [7, 11) is 4.71. The Bertz CT molecular complexity index is 232. The van der Waals surface area contributed by atoms with Gasteiger partial charge in [-0.15, -0.1) is 0 Å². The molecule has 0 bridgehead atoms. The molecule has 0 amide bonds. The highest BCUT2D eigenvalue weighted by atomic mass is 32.1. The van der Waals surface area contributed by atoms with E-state index in [9.17, 15) is 0 Å². The standard InChI is InChI=1S/C12H24BNS/c1-12(13)6-4-3-5-10-9(8-12)7-11(15)14(10)2/h9-11,15H,3-8,13H2,1-2H3. The predicted octanol–water partition coefficient (Wildman–Crippen LogP) is 2.34. The summed E-state index contributed by atoms with van der Waals surface area (Å²) >= 11 is 4.69. The van der Waals surface area contributed by atoms with Gasteiger partial charge in [-0.2, -0.15) is 12.6 Å². The monoisotopic (exact) mass is 225 g/mol. The number of fused-ring (bicyclic) bond motifs is 1. The first-order valence-corrected chi connectivity index (χ1v) is 6.91. The molecule has 0 spiro atoms. The zero-order valence-corrected chi connectivity index (χ0v) is 11.3. The molecule has 1 saturated carbocycles. The third-order valence-electron chi connectivity index (χ3n) is 4.47. The van der Waals surface area contributed by atoms with Gasteiger partial charge in [-0.25, -0.2) is 0 Å². The summed E-state index contributed by atoms with van der Waals surface area (Å²) in [5.41, 5.74) is 0. The number of likely N-dealkylation sites (tertiary alicyclic amines) is 1. The molecule has 3 heteroatoms. The Kier molecular flexibility index (Phi) is 3.42. The Hall–Kier alpha value is 0.375. The summed E-state index contributed by atoms with van der Waals surface area (Å²) in [5, 5.41) is 1.07. The van der Waals surface area contributed by atoms with Crippen molar-refractivity contribution in [1.29, 1.82) is 0 Å². The van der Waals surface area contributed by atoms with Gasteiger partial charge in [0, 0.05) is 6.04 Å². The fourth-order valence-electron chi connectivity index (χ4n) is 3.58. The molecule has 4 atom stereocenters. The molecule has 2 rings (SSSR count). The summed E-state index contributed by atoms with van der Waals surface area (Å²) in [6.45, 7) is 2.45. The van der Waals surface area contributed by atoms with Crippen LogP contribution in [0, 0.1) is 5.92 Å². The second-order valence-corrected chi connectivity index (χ2v) is 6.92. The molecule has 1 saturated heterocycles. The van der Waals surface area contributed by atoms with Crippen molar-refractivity contribution in [3.8, 4) is 0 Å². The average molecular weight is 225 g/mol. The van der Waals surface area contributed by atoms with Crippen molar-refractivity contribution in [2.45, 2.75) is 62.2 Å². The van der Waals surface area contributed by atoms with E-state index in [0.29, 0.717) is 10.7 Å². The maximum absolute atomic E-state index is 4.69. The minimum Gasteiger partial charge on any atom is -0.291 e. The lowest BCUT2D eigenvalue weighted by atomic mass is 9.60. The van der Waals surface area contributed by atoms with Gasteiger partial charge in [0.1, 0.15) is 7.85 Å². The zero-order valence-electron chi connectivity index (χ0n) is 10.4. The van der Waals surface area contributed by atoms with E-state index < -0.39 is 0 Å². The Labute approximate surface area is 101 Å². The zero-order chi connectivity index (χ0) is 11.1. The molecule has 0 N–H and O–H groups in total. The van der Waals surface area contributed by atoms with Crippen LogP contribution in [0.25, 0.3) is 0 Å². The van der Waals surface area contributed by atoms with Gasteiger partial charge in [0.2, 0.25) is 0 Å². The Morgan fingerprint density at radius 1 is 1.40 bits per heavy atom. The van der Waals surface area contributed by atoms with Crippen LogP contribution >= 0.6 is 12.6 Å². The van der Waals surface area contributed by atoms with Crippen molar-refractivity contribution in [2.75, 3.05) is 7.05 Å². The van der Waals surface area contributed by atoms with Crippen molar-refractivity contribution >= 4 is 20.5 Å². The van der Waals surface area contributed by atoms with Crippen molar-refractivity contribution in [3.05, 3.63) is 0 Å². The summed E-state index contributed by atoms with van der Waals surface area (Å²) in [5.74, 6) is 0.896. The minimum atomic E-state index is 0.508. The molecule has 2 fully saturated rings. The van der Waals surface area contributed by atoms with Crippen LogP contribution in [-0.2, 0) is 0 Å². The molecular formula is C12H24BNS. The van der Waals surface area contributed by atoms with Crippen LogP contribution in [0.15, 0.2) is 0 Å². The van der Waals surface area contributed by atoms with Gasteiger partial charge < -0.3 is 0 Å². The third kappa shape index (κ3) is 2.55. The quantitative estimate of drug-likeness (QED) is 0.489. The predicted molar refractivity (Wildman–Crippen MR) is 72.4 cm³/mol. The van der Waals surface area contributed by atoms with Crippen molar-refractivity contribution in [1.82, 2.24) is 4.90 Å². The van der Waals surface area contributed by atoms with Crippen LogP contribution in [0.2, 0.25) is 5.31 Å². The normalized spacial score (nSPS) is 48.3. The lowest BCUT2D eigenvalue weighted by molar-refractivity contribution is 0.210. The molecule has 86 valence electrons. The second kappa shape index (κ2) is 4.33. The number of rotatable bonds is 0. The first-order chi connectivity index (χ1) is 6.99. The van der Waals surface area contributed by atoms with Gasteiger partial charge in [-0.05, 0) is 25.8 Å². The summed E-state index contributed by atoms with van der Waals surface area (Å²) in [6, 6.07) is 0.812. The van der Waals surface area contributed by atoms with Crippen LogP contribution < -0.4 is 0 Å². The number of nitrogens with zero attached hydrogens (tertiary/aromatic N) is 1. The molecule has 1 aliphatic carbocycles. The maximum atomic E-state index is 4.69. The molecule has 0 aromatic rings. The molecular weight excluding hydrogens is 201 g/mol. The lowest BCUT2D eigenvalue weighted by Crippen LogP contribution is -2.34. The van der Waals surface area contributed by atoms with Crippen LogP contribution in [0.3, 0.4) is 0 Å². The van der Waals surface area contributed by atoms with E-state index in [4.69, 9.17) is 12.6 Å².